The van der Waals surface area contributed by atoms with E-state index in [0.717, 1.165) is 11.1 Å². The van der Waals surface area contributed by atoms with Crippen molar-refractivity contribution < 1.29 is 17.9 Å². The number of ketones is 1. The number of rotatable bonds is 3. The third-order valence-corrected chi connectivity index (χ3v) is 8.66. The Morgan fingerprint density at radius 1 is 1.23 bits per heavy atom. The van der Waals surface area contributed by atoms with Crippen molar-refractivity contribution in [2.24, 2.45) is 10.7 Å². The van der Waals surface area contributed by atoms with Gasteiger partial charge in [0.1, 0.15) is 27.6 Å². The number of nitrogens with zero attached hydrogens (tertiary/aromatic N) is 2. The van der Waals surface area contributed by atoms with Gasteiger partial charge in [-0.05, 0) is 50.1 Å². The molecule has 0 fully saturated rings. The van der Waals surface area contributed by atoms with E-state index >= 15 is 0 Å². The van der Waals surface area contributed by atoms with Crippen LogP contribution in [0.4, 0.5) is 0 Å². The van der Waals surface area contributed by atoms with Crippen molar-refractivity contribution in [3.63, 3.8) is 0 Å². The predicted octanol–water partition coefficient (Wildman–Crippen LogP) is 2.36. The summed E-state index contributed by atoms with van der Waals surface area (Å²) in [7, 11) is -3.53. The minimum atomic E-state index is -3.53. The highest BCUT2D eigenvalue weighted by Crippen LogP contribution is 2.45. The van der Waals surface area contributed by atoms with Gasteiger partial charge in [0.05, 0.1) is 12.4 Å². The van der Waals surface area contributed by atoms with Crippen LogP contribution < -0.4 is 10.5 Å². The maximum Gasteiger partial charge on any atom is 0.185 e. The number of aryl methyl sites for hydroxylation is 1. The van der Waals surface area contributed by atoms with Gasteiger partial charge in [0, 0.05) is 24.6 Å². The molecule has 0 bridgehead atoms. The first-order valence-corrected chi connectivity index (χ1v) is 11.5. The Kier molecular flexibility index (Phi) is 4.73. The number of Topliss-reactive ketones (excluding diaryl/α,β-unsaturated/α-hetero) is 1. The van der Waals surface area contributed by atoms with Crippen LogP contribution in [0.1, 0.15) is 47.4 Å². The van der Waals surface area contributed by atoms with Crippen LogP contribution in [-0.2, 0) is 21.8 Å². The predicted molar refractivity (Wildman–Crippen MR) is 115 cm³/mol. The molecule has 4 rings (SSSR count). The van der Waals surface area contributed by atoms with Gasteiger partial charge in [0.25, 0.3) is 0 Å². The summed E-state index contributed by atoms with van der Waals surface area (Å²) in [5.41, 5.74) is 7.93. The van der Waals surface area contributed by atoms with Crippen molar-refractivity contribution in [3.8, 4) is 5.75 Å². The third kappa shape index (κ3) is 3.29. The van der Waals surface area contributed by atoms with Crippen LogP contribution in [-0.4, -0.2) is 42.1 Å². The monoisotopic (exact) mass is 427 g/mol. The fourth-order valence-electron chi connectivity index (χ4n) is 3.87. The minimum Gasteiger partial charge on any atom is -0.493 e. The molecule has 2 aliphatic rings. The molecule has 158 valence electrons. The van der Waals surface area contributed by atoms with E-state index in [0.29, 0.717) is 30.0 Å². The minimum absolute atomic E-state index is 0.104. The average Bonchev–Trinajstić information content (AvgIpc) is 2.67. The van der Waals surface area contributed by atoms with Crippen molar-refractivity contribution in [2.75, 3.05) is 12.4 Å². The van der Waals surface area contributed by atoms with E-state index in [1.54, 1.807) is 32.2 Å². The molecule has 1 aromatic carbocycles. The fourth-order valence-corrected chi connectivity index (χ4v) is 5.59. The molecule has 1 atom stereocenters. The SMILES string of the molecule is Cc1ccc(C(=O)Cc2ccc3c(c2)[C@]2(CCO3)CS(=O)(=O)C(C)(C)C(N)=N2)nc1. The van der Waals surface area contributed by atoms with Crippen LogP contribution in [0.15, 0.2) is 41.5 Å². The number of nitrogens with two attached hydrogens (primary N) is 1. The Hall–Kier alpha value is -2.74. The van der Waals surface area contributed by atoms with Crippen molar-refractivity contribution in [1.29, 1.82) is 0 Å². The zero-order valence-electron chi connectivity index (χ0n) is 17.3. The quantitative estimate of drug-likeness (QED) is 0.753. The van der Waals surface area contributed by atoms with Crippen LogP contribution in [0, 0.1) is 6.92 Å². The molecule has 1 spiro atoms. The Morgan fingerprint density at radius 3 is 2.67 bits per heavy atom. The van der Waals surface area contributed by atoms with Gasteiger partial charge in [-0.3, -0.25) is 14.8 Å². The van der Waals surface area contributed by atoms with E-state index < -0.39 is 20.1 Å². The van der Waals surface area contributed by atoms with Crippen LogP contribution in [0.5, 0.6) is 5.75 Å². The van der Waals surface area contributed by atoms with Gasteiger partial charge in [-0.2, -0.15) is 0 Å². The smallest absolute Gasteiger partial charge is 0.185 e. The second-order valence-electron chi connectivity index (χ2n) is 8.55. The lowest BCUT2D eigenvalue weighted by Gasteiger charge is -2.42. The molecule has 0 saturated carbocycles. The van der Waals surface area contributed by atoms with Crippen molar-refractivity contribution in [3.05, 3.63) is 58.9 Å². The summed E-state index contributed by atoms with van der Waals surface area (Å²) in [5, 5.41) is 0. The second-order valence-corrected chi connectivity index (χ2v) is 11.1. The lowest BCUT2D eigenvalue weighted by Crippen LogP contribution is -2.56. The van der Waals surface area contributed by atoms with Gasteiger partial charge in [-0.25, -0.2) is 8.42 Å². The molecule has 0 amide bonds. The number of carbonyl (C=O) groups excluding carboxylic acids is 1. The van der Waals surface area contributed by atoms with Crippen LogP contribution in [0.3, 0.4) is 0 Å². The summed E-state index contributed by atoms with van der Waals surface area (Å²) in [6.07, 6.45) is 2.22. The van der Waals surface area contributed by atoms with Crippen LogP contribution >= 0.6 is 0 Å². The van der Waals surface area contributed by atoms with Crippen molar-refractivity contribution in [1.82, 2.24) is 4.98 Å². The van der Waals surface area contributed by atoms with Gasteiger partial charge < -0.3 is 10.5 Å². The van der Waals surface area contributed by atoms with Crippen molar-refractivity contribution >= 4 is 21.5 Å². The topological polar surface area (TPSA) is 112 Å². The van der Waals surface area contributed by atoms with E-state index in [2.05, 4.69) is 9.98 Å². The Bertz CT molecular complexity index is 1150. The van der Waals surface area contributed by atoms with E-state index in [-0.39, 0.29) is 23.8 Å². The molecule has 2 aromatic rings. The number of fused-ring (bicyclic) bond motifs is 2. The molecule has 0 unspecified atom stereocenters. The number of hydrogen-bond acceptors (Lipinski definition) is 7. The molecule has 30 heavy (non-hydrogen) atoms. The molecule has 7 nitrogen and oxygen atoms in total. The summed E-state index contributed by atoms with van der Waals surface area (Å²) in [4.78, 5) is 21.6. The Balaban J connectivity index is 1.73. The van der Waals surface area contributed by atoms with Gasteiger partial charge in [0.2, 0.25) is 0 Å². The molecule has 2 N–H and O–H groups in total. The standard InChI is InChI=1S/C22H25N3O4S/c1-14-4-6-17(24-12-14)18(26)11-15-5-7-19-16(10-15)22(8-9-29-19)13-30(27,28)21(2,3)20(23)25-22/h4-7,10,12H,8-9,11,13H2,1-3H3,(H2,23,25)/t22-/m0/s1. The molecule has 0 radical (unpaired) electrons. The van der Waals surface area contributed by atoms with E-state index in [4.69, 9.17) is 10.5 Å². The second kappa shape index (κ2) is 6.91. The van der Waals surface area contributed by atoms with Gasteiger partial charge in [-0.15, -0.1) is 0 Å². The zero-order valence-corrected chi connectivity index (χ0v) is 18.1. The molecule has 8 heteroatoms. The summed E-state index contributed by atoms with van der Waals surface area (Å²) >= 11 is 0. The molecule has 0 saturated heterocycles. The Morgan fingerprint density at radius 2 is 2.00 bits per heavy atom. The van der Waals surface area contributed by atoms with E-state index in [9.17, 15) is 13.2 Å². The summed E-state index contributed by atoms with van der Waals surface area (Å²) in [6.45, 7) is 5.43. The third-order valence-electron chi connectivity index (χ3n) is 6.04. The highest BCUT2D eigenvalue weighted by Gasteiger charge is 2.52. The number of sulfone groups is 1. The molecule has 2 aliphatic heterocycles. The van der Waals surface area contributed by atoms with Crippen molar-refractivity contribution in [2.45, 2.75) is 43.9 Å². The number of aliphatic imine (C=N–C) groups is 1. The number of pyridine rings is 1. The molecule has 0 aliphatic carbocycles. The zero-order chi connectivity index (χ0) is 21.7. The summed E-state index contributed by atoms with van der Waals surface area (Å²) in [5.74, 6) is 0.437. The lowest BCUT2D eigenvalue weighted by molar-refractivity contribution is 0.0988. The van der Waals surface area contributed by atoms with Gasteiger partial charge >= 0.3 is 0 Å². The molecular weight excluding hydrogens is 402 g/mol. The number of benzene rings is 1. The van der Waals surface area contributed by atoms with Crippen LogP contribution in [0.25, 0.3) is 0 Å². The Labute approximate surface area is 176 Å². The summed E-state index contributed by atoms with van der Waals surface area (Å²) in [6, 6.07) is 8.98. The molecule has 3 heterocycles. The first-order valence-electron chi connectivity index (χ1n) is 9.84. The fraction of sp³-hybridized carbons (Fsp3) is 0.409. The maximum atomic E-state index is 13.0. The number of aromatic nitrogens is 1. The first-order chi connectivity index (χ1) is 14.0. The van der Waals surface area contributed by atoms with E-state index in [1.165, 1.54) is 0 Å². The average molecular weight is 428 g/mol. The normalized spacial score (nSPS) is 23.9. The van der Waals surface area contributed by atoms with Crippen LogP contribution in [0.2, 0.25) is 0 Å². The number of amidine groups is 1. The highest BCUT2D eigenvalue weighted by molar-refractivity contribution is 7.93. The number of carbonyl (C=O) groups is 1. The molecule has 1 aromatic heterocycles. The molecular formula is C22H25N3O4S. The maximum absolute atomic E-state index is 13.0. The summed E-state index contributed by atoms with van der Waals surface area (Å²) < 4.78 is 30.6. The lowest BCUT2D eigenvalue weighted by atomic mass is 9.84. The first kappa shape index (κ1) is 20.5. The largest absolute Gasteiger partial charge is 0.493 e. The number of hydrogen-bond donors (Lipinski definition) is 1. The highest BCUT2D eigenvalue weighted by atomic mass is 32.2. The van der Waals surface area contributed by atoms with Gasteiger partial charge in [-0.1, -0.05) is 12.1 Å². The van der Waals surface area contributed by atoms with Gasteiger partial charge in [0.15, 0.2) is 15.6 Å². The number of ether oxygens (including phenoxy) is 1. The van der Waals surface area contributed by atoms with E-state index in [1.807, 2.05) is 25.1 Å².